The highest BCUT2D eigenvalue weighted by atomic mass is 19.4. The van der Waals surface area contributed by atoms with Gasteiger partial charge in [0.05, 0.1) is 18.8 Å². The van der Waals surface area contributed by atoms with Crippen molar-refractivity contribution >= 4 is 0 Å². The summed E-state index contributed by atoms with van der Waals surface area (Å²) < 4.78 is 56.9. The molecule has 1 heterocycles. The van der Waals surface area contributed by atoms with Crippen LogP contribution in [0, 0.1) is 5.82 Å². The van der Waals surface area contributed by atoms with E-state index in [4.69, 9.17) is 4.74 Å². The van der Waals surface area contributed by atoms with Gasteiger partial charge >= 0.3 is 6.18 Å². The van der Waals surface area contributed by atoms with E-state index in [1.165, 1.54) is 0 Å². The van der Waals surface area contributed by atoms with E-state index in [0.29, 0.717) is 31.4 Å². The number of hydrogen-bond acceptors (Lipinski definition) is 3. The third-order valence-electron chi connectivity index (χ3n) is 3.98. The van der Waals surface area contributed by atoms with Crippen molar-refractivity contribution in [3.8, 4) is 0 Å². The SMILES string of the molecule is CC(CN(C)Cc1cc(F)cc(C(F)(F)F)c1)N1CCOCC1. The van der Waals surface area contributed by atoms with Crippen molar-refractivity contribution in [2.24, 2.45) is 0 Å². The molecule has 1 aromatic rings. The Kier molecular flexibility index (Phi) is 6.00. The molecule has 7 heteroatoms. The number of benzene rings is 1. The summed E-state index contributed by atoms with van der Waals surface area (Å²) in [4.78, 5) is 4.20. The van der Waals surface area contributed by atoms with Gasteiger partial charge in [-0.1, -0.05) is 0 Å². The predicted octanol–water partition coefficient (Wildman–Crippen LogP) is 3.00. The van der Waals surface area contributed by atoms with Gasteiger partial charge in [0, 0.05) is 32.2 Å². The van der Waals surface area contributed by atoms with Crippen LogP contribution in [0.5, 0.6) is 0 Å². The fraction of sp³-hybridized carbons (Fsp3) is 0.625. The van der Waals surface area contributed by atoms with Crippen LogP contribution in [0.4, 0.5) is 17.6 Å². The molecule has 2 rings (SSSR count). The number of morpholine rings is 1. The molecule has 130 valence electrons. The van der Waals surface area contributed by atoms with Crippen LogP contribution < -0.4 is 0 Å². The molecule has 1 atom stereocenters. The Morgan fingerprint density at radius 1 is 1.22 bits per heavy atom. The Morgan fingerprint density at radius 2 is 1.87 bits per heavy atom. The molecule has 0 aliphatic carbocycles. The first kappa shape index (κ1) is 18.2. The van der Waals surface area contributed by atoms with Crippen LogP contribution in [-0.4, -0.2) is 55.7 Å². The maximum absolute atomic E-state index is 13.4. The van der Waals surface area contributed by atoms with E-state index in [1.807, 2.05) is 11.9 Å². The summed E-state index contributed by atoms with van der Waals surface area (Å²) in [7, 11) is 1.83. The first-order valence-electron chi connectivity index (χ1n) is 7.62. The molecule has 1 aliphatic rings. The van der Waals surface area contributed by atoms with Crippen LogP contribution in [0.1, 0.15) is 18.1 Å². The zero-order chi connectivity index (χ0) is 17.0. The number of likely N-dealkylation sites (N-methyl/N-ethyl adjacent to an activating group) is 1. The summed E-state index contributed by atoms with van der Waals surface area (Å²) in [5.74, 6) is -0.857. The second-order valence-corrected chi connectivity index (χ2v) is 6.04. The summed E-state index contributed by atoms with van der Waals surface area (Å²) in [5, 5.41) is 0. The maximum atomic E-state index is 13.4. The third-order valence-corrected chi connectivity index (χ3v) is 3.98. The van der Waals surface area contributed by atoms with Crippen molar-refractivity contribution in [1.29, 1.82) is 0 Å². The van der Waals surface area contributed by atoms with Crippen LogP contribution in [0.15, 0.2) is 18.2 Å². The van der Waals surface area contributed by atoms with Gasteiger partial charge in [-0.25, -0.2) is 4.39 Å². The van der Waals surface area contributed by atoms with Gasteiger partial charge in [-0.05, 0) is 37.7 Å². The van der Waals surface area contributed by atoms with E-state index in [-0.39, 0.29) is 12.6 Å². The molecule has 1 aromatic carbocycles. The minimum absolute atomic E-state index is 0.263. The normalized spacial score (nSPS) is 18.4. The molecule has 23 heavy (non-hydrogen) atoms. The summed E-state index contributed by atoms with van der Waals surface area (Å²) in [6.07, 6.45) is -4.53. The van der Waals surface area contributed by atoms with Crippen molar-refractivity contribution < 1.29 is 22.3 Å². The maximum Gasteiger partial charge on any atom is 0.416 e. The van der Waals surface area contributed by atoms with Crippen molar-refractivity contribution in [3.63, 3.8) is 0 Å². The van der Waals surface area contributed by atoms with Crippen LogP contribution >= 0.6 is 0 Å². The average Bonchev–Trinajstić information content (AvgIpc) is 2.46. The average molecular weight is 334 g/mol. The Labute approximate surface area is 133 Å². The first-order valence-corrected chi connectivity index (χ1v) is 7.62. The molecule has 0 saturated carbocycles. The minimum Gasteiger partial charge on any atom is -0.379 e. The van der Waals surface area contributed by atoms with Crippen molar-refractivity contribution in [1.82, 2.24) is 9.80 Å². The van der Waals surface area contributed by atoms with Gasteiger partial charge in [0.2, 0.25) is 0 Å². The molecule has 1 aliphatic heterocycles. The highest BCUT2D eigenvalue weighted by Gasteiger charge is 2.31. The lowest BCUT2D eigenvalue weighted by atomic mass is 10.1. The number of alkyl halides is 3. The van der Waals surface area contributed by atoms with E-state index in [0.717, 1.165) is 25.2 Å². The standard InChI is InChI=1S/C16H22F4N2O/c1-12(22-3-5-23-6-4-22)10-21(2)11-13-7-14(16(18,19)20)9-15(17)8-13/h7-9,12H,3-6,10-11H2,1-2H3. The van der Waals surface area contributed by atoms with Gasteiger partial charge in [-0.15, -0.1) is 0 Å². The Morgan fingerprint density at radius 3 is 2.48 bits per heavy atom. The molecule has 1 unspecified atom stereocenters. The Hall–Kier alpha value is -1.18. The molecular formula is C16H22F4N2O. The number of ether oxygens (including phenoxy) is 1. The molecule has 1 saturated heterocycles. The zero-order valence-electron chi connectivity index (χ0n) is 13.4. The number of halogens is 4. The second kappa shape index (κ2) is 7.59. The summed E-state index contributed by atoms with van der Waals surface area (Å²) in [6.45, 7) is 6.15. The van der Waals surface area contributed by atoms with Crippen molar-refractivity contribution in [2.45, 2.75) is 25.7 Å². The van der Waals surface area contributed by atoms with E-state index in [1.54, 1.807) is 0 Å². The van der Waals surface area contributed by atoms with Crippen molar-refractivity contribution in [3.05, 3.63) is 35.1 Å². The second-order valence-electron chi connectivity index (χ2n) is 6.04. The molecule has 1 fully saturated rings. The molecule has 0 bridgehead atoms. The predicted molar refractivity (Wildman–Crippen MR) is 79.6 cm³/mol. The van der Waals surface area contributed by atoms with Crippen molar-refractivity contribution in [2.75, 3.05) is 39.9 Å². The van der Waals surface area contributed by atoms with E-state index >= 15 is 0 Å². The smallest absolute Gasteiger partial charge is 0.379 e. The molecule has 0 aromatic heterocycles. The molecule has 3 nitrogen and oxygen atoms in total. The number of hydrogen-bond donors (Lipinski definition) is 0. The number of nitrogens with zero attached hydrogens (tertiary/aromatic N) is 2. The Bertz CT molecular complexity index is 515. The minimum atomic E-state index is -4.53. The van der Waals surface area contributed by atoms with E-state index < -0.39 is 17.6 Å². The van der Waals surface area contributed by atoms with Crippen LogP contribution in [0.2, 0.25) is 0 Å². The van der Waals surface area contributed by atoms with Gasteiger partial charge < -0.3 is 9.64 Å². The lowest BCUT2D eigenvalue weighted by Gasteiger charge is -2.34. The van der Waals surface area contributed by atoms with Crippen LogP contribution in [0.25, 0.3) is 0 Å². The first-order chi connectivity index (χ1) is 10.8. The lowest BCUT2D eigenvalue weighted by molar-refractivity contribution is -0.137. The van der Waals surface area contributed by atoms with E-state index in [9.17, 15) is 17.6 Å². The zero-order valence-corrected chi connectivity index (χ0v) is 13.4. The fourth-order valence-corrected chi connectivity index (χ4v) is 2.87. The molecule has 0 radical (unpaired) electrons. The summed E-state index contributed by atoms with van der Waals surface area (Å²) >= 11 is 0. The van der Waals surface area contributed by atoms with Gasteiger partial charge in [0.1, 0.15) is 5.82 Å². The molecule has 0 amide bonds. The highest BCUT2D eigenvalue weighted by Crippen LogP contribution is 2.30. The molecule has 0 N–H and O–H groups in total. The Balaban J connectivity index is 1.96. The fourth-order valence-electron chi connectivity index (χ4n) is 2.87. The van der Waals surface area contributed by atoms with Gasteiger partial charge in [-0.2, -0.15) is 13.2 Å². The summed E-state index contributed by atoms with van der Waals surface area (Å²) in [5.41, 5.74) is -0.615. The molecule has 0 spiro atoms. The third kappa shape index (κ3) is 5.44. The van der Waals surface area contributed by atoms with Crippen LogP contribution in [-0.2, 0) is 17.5 Å². The quantitative estimate of drug-likeness (QED) is 0.770. The monoisotopic (exact) mass is 334 g/mol. The summed E-state index contributed by atoms with van der Waals surface area (Å²) in [6, 6.07) is 2.96. The lowest BCUT2D eigenvalue weighted by Crippen LogP contribution is -2.46. The van der Waals surface area contributed by atoms with E-state index in [2.05, 4.69) is 11.8 Å². The van der Waals surface area contributed by atoms with Gasteiger partial charge in [0.15, 0.2) is 0 Å². The highest BCUT2D eigenvalue weighted by molar-refractivity contribution is 5.26. The van der Waals surface area contributed by atoms with Crippen LogP contribution in [0.3, 0.4) is 0 Å². The van der Waals surface area contributed by atoms with Gasteiger partial charge in [0.25, 0.3) is 0 Å². The topological polar surface area (TPSA) is 15.7 Å². The molecular weight excluding hydrogens is 312 g/mol. The van der Waals surface area contributed by atoms with Gasteiger partial charge in [-0.3, -0.25) is 4.90 Å². The number of rotatable bonds is 5. The largest absolute Gasteiger partial charge is 0.416 e.